The van der Waals surface area contributed by atoms with E-state index in [0.717, 1.165) is 17.3 Å². The molecule has 0 spiro atoms. The lowest BCUT2D eigenvalue weighted by Crippen LogP contribution is -2.33. The Morgan fingerprint density at radius 2 is 1.50 bits per heavy atom. The summed E-state index contributed by atoms with van der Waals surface area (Å²) in [5, 5.41) is 2.86. The number of carbonyl (C=O) groups excluding carboxylic acids is 3. The fourth-order valence-electron chi connectivity index (χ4n) is 6.30. The minimum absolute atomic E-state index is 0.0823. The van der Waals surface area contributed by atoms with Crippen molar-refractivity contribution >= 4 is 45.0 Å². The molecule has 0 radical (unpaired) electrons. The second-order valence-corrected chi connectivity index (χ2v) is 10.4. The molecule has 1 N–H and O–H groups in total. The van der Waals surface area contributed by atoms with Gasteiger partial charge in [0.15, 0.2) is 0 Å². The number of hydrogen-bond acceptors (Lipinski definition) is 3. The van der Waals surface area contributed by atoms with Crippen LogP contribution < -0.4 is 10.2 Å². The molecule has 0 aromatic heterocycles. The fourth-order valence-corrected chi connectivity index (χ4v) is 6.56. The maximum absolute atomic E-state index is 13.5. The number of carbonyl (C=O) groups is 3. The maximum atomic E-state index is 13.5. The van der Waals surface area contributed by atoms with Crippen molar-refractivity contribution in [3.63, 3.8) is 0 Å². The maximum Gasteiger partial charge on any atom is 0.255 e. The van der Waals surface area contributed by atoms with Gasteiger partial charge in [0.25, 0.3) is 5.91 Å². The number of anilines is 2. The van der Waals surface area contributed by atoms with Gasteiger partial charge in [0.05, 0.1) is 17.5 Å². The minimum atomic E-state index is -0.242. The Kier molecular flexibility index (Phi) is 5.14. The van der Waals surface area contributed by atoms with Crippen LogP contribution in [0.4, 0.5) is 11.4 Å². The Morgan fingerprint density at radius 3 is 2.21 bits per heavy atom. The Labute approximate surface area is 206 Å². The molecule has 3 amide bonds. The van der Waals surface area contributed by atoms with E-state index >= 15 is 0 Å². The summed E-state index contributed by atoms with van der Waals surface area (Å²) in [6, 6.07) is 24.4. The molecular weight excluding hydrogens is 492 g/mol. The molecule has 6 heteroatoms. The highest BCUT2D eigenvalue weighted by molar-refractivity contribution is 9.10. The highest BCUT2D eigenvalue weighted by atomic mass is 79.9. The lowest BCUT2D eigenvalue weighted by atomic mass is 9.73. The van der Waals surface area contributed by atoms with Gasteiger partial charge in [0.2, 0.25) is 11.8 Å². The third-order valence-electron chi connectivity index (χ3n) is 7.73. The number of amides is 3. The Morgan fingerprint density at radius 1 is 0.824 bits per heavy atom. The molecule has 3 aliphatic rings. The van der Waals surface area contributed by atoms with Crippen molar-refractivity contribution in [2.75, 3.05) is 10.2 Å². The molecule has 5 nitrogen and oxygen atoms in total. The molecule has 6 rings (SSSR count). The van der Waals surface area contributed by atoms with E-state index in [1.54, 1.807) is 24.3 Å². The van der Waals surface area contributed by atoms with Crippen molar-refractivity contribution in [1.82, 2.24) is 0 Å². The topological polar surface area (TPSA) is 66.5 Å². The van der Waals surface area contributed by atoms with Gasteiger partial charge in [-0.2, -0.15) is 0 Å². The van der Waals surface area contributed by atoms with Crippen LogP contribution in [0.1, 0.15) is 34.7 Å². The van der Waals surface area contributed by atoms with Gasteiger partial charge in [0, 0.05) is 15.7 Å². The molecular formula is C28H23BrN2O3. The molecule has 3 fully saturated rings. The van der Waals surface area contributed by atoms with Crippen LogP contribution in [-0.2, 0) is 9.59 Å². The van der Waals surface area contributed by atoms with Gasteiger partial charge in [-0.1, -0.05) is 46.3 Å². The van der Waals surface area contributed by atoms with E-state index in [1.165, 1.54) is 10.5 Å². The number of nitrogens with one attached hydrogen (secondary N) is 1. The van der Waals surface area contributed by atoms with Gasteiger partial charge in [-0.25, -0.2) is 0 Å². The standard InChI is InChI=1S/C28H23BrN2O3/c29-19-8-10-20(11-9-19)30-26(32)17-6-12-21(13-7-17)31-27(33)24-18-14-22(16-4-2-1-3-5-16)23(15-18)25(24)28(31)34/h1-13,18,22-25H,14-15H2,(H,30,32)/t18-,22+,23-,24+,25+/m0/s1. The van der Waals surface area contributed by atoms with Crippen molar-refractivity contribution in [3.8, 4) is 0 Å². The summed E-state index contributed by atoms with van der Waals surface area (Å²) >= 11 is 3.38. The van der Waals surface area contributed by atoms with E-state index < -0.39 is 0 Å². The molecule has 1 saturated heterocycles. The van der Waals surface area contributed by atoms with E-state index in [-0.39, 0.29) is 41.4 Å². The summed E-state index contributed by atoms with van der Waals surface area (Å²) in [7, 11) is 0. The molecule has 5 atom stereocenters. The second kappa shape index (κ2) is 8.20. The summed E-state index contributed by atoms with van der Waals surface area (Å²) in [6.07, 6.45) is 1.92. The van der Waals surface area contributed by atoms with Gasteiger partial charge in [0.1, 0.15) is 0 Å². The van der Waals surface area contributed by atoms with Crippen LogP contribution in [0.25, 0.3) is 0 Å². The van der Waals surface area contributed by atoms with E-state index in [4.69, 9.17) is 0 Å². The van der Waals surface area contributed by atoms with Crippen molar-refractivity contribution in [3.05, 3.63) is 94.5 Å². The molecule has 2 saturated carbocycles. The first-order valence-electron chi connectivity index (χ1n) is 11.6. The molecule has 1 aliphatic heterocycles. The van der Waals surface area contributed by atoms with E-state index in [1.807, 2.05) is 42.5 Å². The van der Waals surface area contributed by atoms with Gasteiger partial charge >= 0.3 is 0 Å². The smallest absolute Gasteiger partial charge is 0.255 e. The van der Waals surface area contributed by atoms with Crippen LogP contribution in [0.3, 0.4) is 0 Å². The summed E-state index contributed by atoms with van der Waals surface area (Å²) < 4.78 is 0.933. The molecule has 170 valence electrons. The van der Waals surface area contributed by atoms with Crippen LogP contribution in [0.15, 0.2) is 83.3 Å². The summed E-state index contributed by atoms with van der Waals surface area (Å²) in [4.78, 5) is 40.8. The molecule has 3 aromatic rings. The third-order valence-corrected chi connectivity index (χ3v) is 8.26. The number of halogens is 1. The molecule has 0 unspecified atom stereocenters. The number of imide groups is 1. The van der Waals surface area contributed by atoms with Crippen molar-refractivity contribution in [2.24, 2.45) is 23.7 Å². The van der Waals surface area contributed by atoms with Crippen LogP contribution in [0.2, 0.25) is 0 Å². The predicted octanol–water partition coefficient (Wildman–Crippen LogP) is 5.63. The number of rotatable bonds is 4. The average Bonchev–Trinajstić information content (AvgIpc) is 3.52. The van der Waals surface area contributed by atoms with Crippen molar-refractivity contribution in [2.45, 2.75) is 18.8 Å². The zero-order valence-corrected chi connectivity index (χ0v) is 19.9. The largest absolute Gasteiger partial charge is 0.322 e. The lowest BCUT2D eigenvalue weighted by Gasteiger charge is -2.28. The van der Waals surface area contributed by atoms with E-state index in [0.29, 0.717) is 22.9 Å². The second-order valence-electron chi connectivity index (χ2n) is 9.48. The number of nitrogens with zero attached hydrogens (tertiary/aromatic N) is 1. The first kappa shape index (κ1) is 21.3. The summed E-state index contributed by atoms with van der Waals surface area (Å²) in [6.45, 7) is 0. The normalized spacial score (nSPS) is 27.2. The van der Waals surface area contributed by atoms with E-state index in [9.17, 15) is 14.4 Å². The van der Waals surface area contributed by atoms with Gasteiger partial charge < -0.3 is 5.32 Å². The fraction of sp³-hybridized carbons (Fsp3) is 0.250. The Hall–Kier alpha value is -3.25. The predicted molar refractivity (Wildman–Crippen MR) is 133 cm³/mol. The SMILES string of the molecule is O=C(Nc1ccc(Br)cc1)c1ccc(N2C(=O)[C@@H]3[C@@H]4C[C@H]([C@H]3C2=O)[C@@H](c2ccccc2)C4)cc1. The zero-order chi connectivity index (χ0) is 23.4. The molecule has 1 heterocycles. The van der Waals surface area contributed by atoms with E-state index in [2.05, 4.69) is 33.4 Å². The number of benzene rings is 3. The van der Waals surface area contributed by atoms with Crippen LogP contribution in [-0.4, -0.2) is 17.7 Å². The first-order chi connectivity index (χ1) is 16.5. The van der Waals surface area contributed by atoms with Crippen molar-refractivity contribution < 1.29 is 14.4 Å². The number of fused-ring (bicyclic) bond motifs is 5. The van der Waals surface area contributed by atoms with Crippen LogP contribution >= 0.6 is 15.9 Å². The van der Waals surface area contributed by atoms with Gasteiger partial charge in [-0.15, -0.1) is 0 Å². The monoisotopic (exact) mass is 514 g/mol. The highest BCUT2D eigenvalue weighted by Gasteiger charge is 2.64. The Bertz CT molecular complexity index is 1270. The zero-order valence-electron chi connectivity index (χ0n) is 18.4. The molecule has 2 aliphatic carbocycles. The van der Waals surface area contributed by atoms with Gasteiger partial charge in [-0.3, -0.25) is 19.3 Å². The highest BCUT2D eigenvalue weighted by Crippen LogP contribution is 2.61. The van der Waals surface area contributed by atoms with Crippen LogP contribution in [0.5, 0.6) is 0 Å². The van der Waals surface area contributed by atoms with Crippen LogP contribution in [0, 0.1) is 23.7 Å². The van der Waals surface area contributed by atoms with Gasteiger partial charge in [-0.05, 0) is 84.7 Å². The van der Waals surface area contributed by atoms with Crippen molar-refractivity contribution in [1.29, 1.82) is 0 Å². The molecule has 3 aromatic carbocycles. The molecule has 2 bridgehead atoms. The minimum Gasteiger partial charge on any atom is -0.322 e. The first-order valence-corrected chi connectivity index (χ1v) is 12.4. The lowest BCUT2D eigenvalue weighted by molar-refractivity contribution is -0.123. The summed E-state index contributed by atoms with van der Waals surface area (Å²) in [5.41, 5.74) is 2.97. The quantitative estimate of drug-likeness (QED) is 0.458. The molecule has 34 heavy (non-hydrogen) atoms. The number of hydrogen-bond donors (Lipinski definition) is 1. The third kappa shape index (κ3) is 3.40. The average molecular weight is 515 g/mol. The summed E-state index contributed by atoms with van der Waals surface area (Å²) in [5.74, 6) is -0.0410. The Balaban J connectivity index is 1.20.